The van der Waals surface area contributed by atoms with Gasteiger partial charge in [-0.05, 0) is 30.0 Å². The van der Waals surface area contributed by atoms with Crippen LogP contribution < -0.4 is 4.74 Å². The van der Waals surface area contributed by atoms with E-state index in [2.05, 4.69) is 4.74 Å². The van der Waals surface area contributed by atoms with E-state index in [1.54, 1.807) is 42.5 Å². The van der Waals surface area contributed by atoms with Gasteiger partial charge in [0.05, 0.1) is 12.0 Å². The summed E-state index contributed by atoms with van der Waals surface area (Å²) in [5.41, 5.74) is 0.957. The minimum absolute atomic E-state index is 0.0152. The Morgan fingerprint density at radius 2 is 1.86 bits per heavy atom. The minimum atomic E-state index is -0.683. The fraction of sp³-hybridized carbons (Fsp3) is 0.150. The average Bonchev–Trinajstić information content (AvgIpc) is 2.95. The van der Waals surface area contributed by atoms with E-state index >= 15 is 0 Å². The number of esters is 1. The molecular formula is C20H16FNO5S. The maximum absolute atomic E-state index is 13.8. The second-order valence-corrected chi connectivity index (χ2v) is 6.76. The van der Waals surface area contributed by atoms with Gasteiger partial charge in [-0.15, -0.1) is 0 Å². The number of rotatable bonds is 6. The summed E-state index contributed by atoms with van der Waals surface area (Å²) >= 11 is 0.730. The molecule has 8 heteroatoms. The molecule has 0 aromatic heterocycles. The highest BCUT2D eigenvalue weighted by molar-refractivity contribution is 8.18. The molecule has 0 radical (unpaired) electrons. The number of nitrogens with zero attached hydrogens (tertiary/aromatic N) is 1. The number of halogens is 1. The number of benzene rings is 2. The molecule has 1 aliphatic rings. The number of methoxy groups -OCH3 is 1. The highest BCUT2D eigenvalue weighted by Gasteiger charge is 2.36. The van der Waals surface area contributed by atoms with E-state index < -0.39 is 23.7 Å². The summed E-state index contributed by atoms with van der Waals surface area (Å²) in [5.74, 6) is -1.20. The number of para-hydroxylation sites is 1. The Kier molecular flexibility index (Phi) is 6.10. The monoisotopic (exact) mass is 401 g/mol. The Morgan fingerprint density at radius 3 is 2.61 bits per heavy atom. The maximum Gasteiger partial charge on any atom is 0.325 e. The van der Waals surface area contributed by atoms with Crippen molar-refractivity contribution in [2.75, 3.05) is 13.7 Å². The Bertz CT molecular complexity index is 959. The lowest BCUT2D eigenvalue weighted by molar-refractivity contribution is -0.143. The van der Waals surface area contributed by atoms with Crippen molar-refractivity contribution in [3.63, 3.8) is 0 Å². The molecule has 144 valence electrons. The Labute approximate surface area is 164 Å². The van der Waals surface area contributed by atoms with Crippen LogP contribution in [0.4, 0.5) is 9.18 Å². The SMILES string of the molecule is COC(=O)CN1C(=O)S/C(=C\c2ccccc2OCc2ccccc2F)C1=O. The molecular weight excluding hydrogens is 385 g/mol. The van der Waals surface area contributed by atoms with E-state index in [0.717, 1.165) is 16.7 Å². The number of thioether (sulfide) groups is 1. The fourth-order valence-corrected chi connectivity index (χ4v) is 3.30. The predicted molar refractivity (Wildman–Crippen MR) is 102 cm³/mol. The van der Waals surface area contributed by atoms with Crippen molar-refractivity contribution in [2.45, 2.75) is 6.61 Å². The van der Waals surface area contributed by atoms with E-state index in [9.17, 15) is 18.8 Å². The summed E-state index contributed by atoms with van der Waals surface area (Å²) in [5, 5.41) is -0.550. The first-order valence-corrected chi connectivity index (χ1v) is 9.08. The molecule has 0 atom stereocenters. The van der Waals surface area contributed by atoms with Crippen molar-refractivity contribution < 1.29 is 28.2 Å². The molecule has 0 bridgehead atoms. The van der Waals surface area contributed by atoms with Gasteiger partial charge in [0.2, 0.25) is 0 Å². The fourth-order valence-electron chi connectivity index (χ4n) is 2.47. The largest absolute Gasteiger partial charge is 0.488 e. The van der Waals surface area contributed by atoms with E-state index in [4.69, 9.17) is 4.74 Å². The zero-order chi connectivity index (χ0) is 20.1. The highest BCUT2D eigenvalue weighted by Crippen LogP contribution is 2.34. The lowest BCUT2D eigenvalue weighted by atomic mass is 10.1. The summed E-state index contributed by atoms with van der Waals surface area (Å²) in [7, 11) is 1.18. The zero-order valence-electron chi connectivity index (χ0n) is 14.9. The van der Waals surface area contributed by atoms with Crippen LogP contribution in [-0.2, 0) is 20.9 Å². The predicted octanol–water partition coefficient (Wildman–Crippen LogP) is 3.61. The first-order valence-electron chi connectivity index (χ1n) is 8.27. The lowest BCUT2D eigenvalue weighted by Crippen LogP contribution is -2.34. The van der Waals surface area contributed by atoms with Crippen molar-refractivity contribution >= 4 is 35.0 Å². The van der Waals surface area contributed by atoms with Crippen LogP contribution in [0.2, 0.25) is 0 Å². The average molecular weight is 401 g/mol. The zero-order valence-corrected chi connectivity index (χ0v) is 15.7. The van der Waals surface area contributed by atoms with Crippen molar-refractivity contribution in [1.82, 2.24) is 4.90 Å². The highest BCUT2D eigenvalue weighted by atomic mass is 32.2. The Hall–Kier alpha value is -3.13. The van der Waals surface area contributed by atoms with E-state index in [0.29, 0.717) is 16.9 Å². The smallest absolute Gasteiger partial charge is 0.325 e. The van der Waals surface area contributed by atoms with Gasteiger partial charge in [0.1, 0.15) is 24.7 Å². The van der Waals surface area contributed by atoms with Gasteiger partial charge < -0.3 is 9.47 Å². The summed E-state index contributed by atoms with van der Waals surface area (Å²) in [4.78, 5) is 36.8. The molecule has 1 saturated heterocycles. The number of imide groups is 1. The minimum Gasteiger partial charge on any atom is -0.488 e. The quantitative estimate of drug-likeness (QED) is 0.544. The molecule has 0 spiro atoms. The number of hydrogen-bond acceptors (Lipinski definition) is 6. The normalized spacial score (nSPS) is 15.2. The van der Waals surface area contributed by atoms with Gasteiger partial charge in [-0.25, -0.2) is 4.39 Å². The van der Waals surface area contributed by atoms with Crippen LogP contribution in [0.5, 0.6) is 5.75 Å². The maximum atomic E-state index is 13.8. The van der Waals surface area contributed by atoms with Crippen LogP contribution in [0.3, 0.4) is 0 Å². The molecule has 2 aromatic carbocycles. The van der Waals surface area contributed by atoms with Gasteiger partial charge >= 0.3 is 5.97 Å². The molecule has 0 N–H and O–H groups in total. The Balaban J connectivity index is 1.79. The van der Waals surface area contributed by atoms with Gasteiger partial charge in [-0.3, -0.25) is 19.3 Å². The van der Waals surface area contributed by atoms with Crippen LogP contribution in [0.15, 0.2) is 53.4 Å². The standard InChI is InChI=1S/C20H16FNO5S/c1-26-18(23)11-22-19(24)17(28-20(22)25)10-13-6-3-5-9-16(13)27-12-14-7-2-4-8-15(14)21/h2-10H,11-12H2,1H3/b17-10-. The molecule has 1 heterocycles. The summed E-state index contributed by atoms with van der Waals surface area (Å²) in [6.07, 6.45) is 1.51. The molecule has 2 aromatic rings. The number of ether oxygens (including phenoxy) is 2. The second-order valence-electron chi connectivity index (χ2n) is 5.76. The molecule has 0 aliphatic carbocycles. The van der Waals surface area contributed by atoms with Crippen molar-refractivity contribution in [2.24, 2.45) is 0 Å². The first kappa shape index (κ1) is 19.6. The van der Waals surface area contributed by atoms with Crippen LogP contribution in [0.25, 0.3) is 6.08 Å². The van der Waals surface area contributed by atoms with E-state index in [1.165, 1.54) is 19.3 Å². The third-order valence-electron chi connectivity index (χ3n) is 3.94. The molecule has 2 amide bonds. The lowest BCUT2D eigenvalue weighted by Gasteiger charge is -2.11. The molecule has 6 nitrogen and oxygen atoms in total. The van der Waals surface area contributed by atoms with Gasteiger partial charge in [-0.1, -0.05) is 36.4 Å². The third kappa shape index (κ3) is 4.40. The molecule has 0 unspecified atom stereocenters. The van der Waals surface area contributed by atoms with Gasteiger partial charge in [0.15, 0.2) is 0 Å². The van der Waals surface area contributed by atoms with Crippen molar-refractivity contribution in [1.29, 1.82) is 0 Å². The first-order chi connectivity index (χ1) is 13.5. The van der Waals surface area contributed by atoms with Gasteiger partial charge in [0, 0.05) is 11.1 Å². The summed E-state index contributed by atoms with van der Waals surface area (Å²) in [6.45, 7) is -0.425. The number of amides is 2. The number of carbonyl (C=O) groups is 3. The van der Waals surface area contributed by atoms with E-state index in [-0.39, 0.29) is 17.3 Å². The molecule has 0 saturated carbocycles. The van der Waals surface area contributed by atoms with Crippen molar-refractivity contribution in [3.05, 3.63) is 70.4 Å². The Morgan fingerprint density at radius 1 is 1.14 bits per heavy atom. The molecule has 1 fully saturated rings. The van der Waals surface area contributed by atoms with Crippen LogP contribution in [0, 0.1) is 5.82 Å². The second kappa shape index (κ2) is 8.71. The number of carbonyl (C=O) groups excluding carboxylic acids is 3. The third-order valence-corrected chi connectivity index (χ3v) is 4.84. The van der Waals surface area contributed by atoms with Gasteiger partial charge in [-0.2, -0.15) is 0 Å². The topological polar surface area (TPSA) is 72.9 Å². The summed E-state index contributed by atoms with van der Waals surface area (Å²) in [6, 6.07) is 13.2. The number of hydrogen-bond donors (Lipinski definition) is 0. The van der Waals surface area contributed by atoms with Crippen LogP contribution in [-0.4, -0.2) is 35.7 Å². The molecule has 3 rings (SSSR count). The van der Waals surface area contributed by atoms with Gasteiger partial charge in [0.25, 0.3) is 11.1 Å². The molecule has 28 heavy (non-hydrogen) atoms. The van der Waals surface area contributed by atoms with E-state index in [1.807, 2.05) is 0 Å². The van der Waals surface area contributed by atoms with Crippen LogP contribution in [0.1, 0.15) is 11.1 Å². The van der Waals surface area contributed by atoms with Crippen molar-refractivity contribution in [3.8, 4) is 5.75 Å². The van der Waals surface area contributed by atoms with Crippen LogP contribution >= 0.6 is 11.8 Å². The molecule has 1 aliphatic heterocycles. The summed E-state index contributed by atoms with van der Waals surface area (Å²) < 4.78 is 24.0.